The second-order valence-electron chi connectivity index (χ2n) is 4.59. The summed E-state index contributed by atoms with van der Waals surface area (Å²) in [6, 6.07) is 14.7. The maximum Gasteiger partial charge on any atom is 0.283 e. The van der Waals surface area contributed by atoms with E-state index >= 15 is 0 Å². The predicted octanol–water partition coefficient (Wildman–Crippen LogP) is 3.18. The number of benzene rings is 2. The topological polar surface area (TPSA) is 47.6 Å². The largest absolute Gasteiger partial charge is 0.462 e. The standard InChI is InChI=1S/C15H12BrFN2O/c16-12-8-11(6-7-13(12)17)15(9-20-14(18)19-15)10-4-2-1-3-5-10/h1-8H,9H2,(H2,18,19). The van der Waals surface area contributed by atoms with Crippen LogP contribution in [0.3, 0.4) is 0 Å². The molecule has 20 heavy (non-hydrogen) atoms. The van der Waals surface area contributed by atoms with Gasteiger partial charge >= 0.3 is 0 Å². The average Bonchev–Trinajstić information content (AvgIpc) is 2.86. The fraction of sp³-hybridized carbons (Fsp3) is 0.133. The molecule has 0 saturated heterocycles. The van der Waals surface area contributed by atoms with Crippen molar-refractivity contribution < 1.29 is 9.13 Å². The molecule has 1 heterocycles. The minimum absolute atomic E-state index is 0.148. The molecule has 0 saturated carbocycles. The molecule has 0 fully saturated rings. The monoisotopic (exact) mass is 334 g/mol. The van der Waals surface area contributed by atoms with Crippen molar-refractivity contribution in [1.82, 2.24) is 0 Å². The Kier molecular flexibility index (Phi) is 3.22. The molecule has 0 aliphatic carbocycles. The second kappa shape index (κ2) is 4.90. The van der Waals surface area contributed by atoms with Crippen LogP contribution in [-0.4, -0.2) is 12.6 Å². The SMILES string of the molecule is NC1=NC(c2ccccc2)(c2ccc(F)c(Br)c2)CO1. The van der Waals surface area contributed by atoms with Crippen molar-refractivity contribution in [2.24, 2.45) is 10.7 Å². The van der Waals surface area contributed by atoms with Crippen LogP contribution in [-0.2, 0) is 10.3 Å². The van der Waals surface area contributed by atoms with Crippen LogP contribution in [0.1, 0.15) is 11.1 Å². The molecule has 2 aromatic carbocycles. The summed E-state index contributed by atoms with van der Waals surface area (Å²) >= 11 is 3.21. The lowest BCUT2D eigenvalue weighted by Crippen LogP contribution is -2.27. The van der Waals surface area contributed by atoms with E-state index in [-0.39, 0.29) is 11.8 Å². The molecule has 5 heteroatoms. The van der Waals surface area contributed by atoms with E-state index in [0.717, 1.165) is 11.1 Å². The lowest BCUT2D eigenvalue weighted by atomic mass is 9.84. The summed E-state index contributed by atoms with van der Waals surface area (Å²) in [5.41, 5.74) is 6.76. The zero-order valence-electron chi connectivity index (χ0n) is 10.5. The van der Waals surface area contributed by atoms with E-state index in [9.17, 15) is 4.39 Å². The van der Waals surface area contributed by atoms with Gasteiger partial charge in [-0.1, -0.05) is 36.4 Å². The highest BCUT2D eigenvalue weighted by atomic mass is 79.9. The van der Waals surface area contributed by atoms with E-state index in [0.29, 0.717) is 11.1 Å². The number of nitrogens with two attached hydrogens (primary N) is 1. The Balaban J connectivity index is 2.19. The Morgan fingerprint density at radius 3 is 2.50 bits per heavy atom. The van der Waals surface area contributed by atoms with Gasteiger partial charge in [-0.2, -0.15) is 0 Å². The van der Waals surface area contributed by atoms with Crippen molar-refractivity contribution in [2.75, 3.05) is 6.61 Å². The molecule has 3 nitrogen and oxygen atoms in total. The number of amidine groups is 1. The zero-order chi connectivity index (χ0) is 14.2. The van der Waals surface area contributed by atoms with Crippen LogP contribution in [0.4, 0.5) is 4.39 Å². The van der Waals surface area contributed by atoms with Crippen LogP contribution in [0.2, 0.25) is 0 Å². The highest BCUT2D eigenvalue weighted by Gasteiger charge is 2.40. The second-order valence-corrected chi connectivity index (χ2v) is 5.45. The third kappa shape index (κ3) is 2.08. The molecule has 2 aromatic rings. The van der Waals surface area contributed by atoms with Crippen LogP contribution >= 0.6 is 15.9 Å². The maximum atomic E-state index is 13.5. The fourth-order valence-corrected chi connectivity index (χ4v) is 2.74. The van der Waals surface area contributed by atoms with Gasteiger partial charge in [0.1, 0.15) is 12.4 Å². The number of hydrogen-bond acceptors (Lipinski definition) is 3. The van der Waals surface area contributed by atoms with Crippen molar-refractivity contribution in [3.63, 3.8) is 0 Å². The molecule has 0 spiro atoms. The first-order valence-corrected chi connectivity index (χ1v) is 6.90. The molecular weight excluding hydrogens is 323 g/mol. The molecule has 0 amide bonds. The van der Waals surface area contributed by atoms with Crippen LogP contribution in [0, 0.1) is 5.82 Å². The zero-order valence-corrected chi connectivity index (χ0v) is 12.1. The quantitative estimate of drug-likeness (QED) is 0.916. The van der Waals surface area contributed by atoms with Crippen molar-refractivity contribution in [3.8, 4) is 0 Å². The summed E-state index contributed by atoms with van der Waals surface area (Å²) in [7, 11) is 0. The van der Waals surface area contributed by atoms with Crippen molar-refractivity contribution in [3.05, 3.63) is 69.9 Å². The average molecular weight is 335 g/mol. The Bertz CT molecular complexity index is 675. The molecule has 1 atom stereocenters. The molecule has 102 valence electrons. The van der Waals surface area contributed by atoms with Crippen molar-refractivity contribution >= 4 is 22.0 Å². The molecule has 2 N–H and O–H groups in total. The van der Waals surface area contributed by atoms with Gasteiger partial charge < -0.3 is 10.5 Å². The maximum absolute atomic E-state index is 13.5. The highest BCUT2D eigenvalue weighted by Crippen LogP contribution is 2.38. The lowest BCUT2D eigenvalue weighted by molar-refractivity contribution is 0.278. The smallest absolute Gasteiger partial charge is 0.283 e. The number of nitrogens with zero attached hydrogens (tertiary/aromatic N) is 1. The minimum Gasteiger partial charge on any atom is -0.462 e. The number of ether oxygens (including phenoxy) is 1. The number of rotatable bonds is 2. The van der Waals surface area contributed by atoms with Gasteiger partial charge in [0.05, 0.1) is 4.47 Å². The van der Waals surface area contributed by atoms with Crippen LogP contribution in [0.5, 0.6) is 0 Å². The van der Waals surface area contributed by atoms with E-state index in [4.69, 9.17) is 10.5 Å². The summed E-state index contributed by atoms with van der Waals surface area (Å²) in [5.74, 6) is -0.312. The van der Waals surface area contributed by atoms with E-state index in [2.05, 4.69) is 20.9 Å². The molecule has 3 rings (SSSR count). The van der Waals surface area contributed by atoms with E-state index < -0.39 is 5.54 Å². The molecule has 0 aromatic heterocycles. The first-order chi connectivity index (χ1) is 9.62. The van der Waals surface area contributed by atoms with E-state index in [1.54, 1.807) is 12.1 Å². The van der Waals surface area contributed by atoms with Crippen molar-refractivity contribution in [1.29, 1.82) is 0 Å². The Labute approximate surface area is 124 Å². The normalized spacial score (nSPS) is 21.4. The number of halogens is 2. The summed E-state index contributed by atoms with van der Waals surface area (Å²) in [4.78, 5) is 4.46. The summed E-state index contributed by atoms with van der Waals surface area (Å²) < 4.78 is 19.2. The van der Waals surface area contributed by atoms with Crippen LogP contribution in [0.15, 0.2) is 58.0 Å². The predicted molar refractivity (Wildman–Crippen MR) is 78.9 cm³/mol. The van der Waals surface area contributed by atoms with E-state index in [1.165, 1.54) is 6.07 Å². The van der Waals surface area contributed by atoms with E-state index in [1.807, 2.05) is 30.3 Å². The summed E-state index contributed by atoms with van der Waals surface area (Å²) in [6.45, 7) is 0.306. The summed E-state index contributed by atoms with van der Waals surface area (Å²) in [5, 5.41) is 0. The Hall–Kier alpha value is -1.88. The third-order valence-electron chi connectivity index (χ3n) is 3.38. The van der Waals surface area contributed by atoms with Gasteiger partial charge in [0.2, 0.25) is 0 Å². The molecule has 0 radical (unpaired) electrons. The Morgan fingerprint density at radius 2 is 1.90 bits per heavy atom. The van der Waals surface area contributed by atoms with Crippen LogP contribution < -0.4 is 5.73 Å². The lowest BCUT2D eigenvalue weighted by Gasteiger charge is -2.25. The first-order valence-electron chi connectivity index (χ1n) is 6.11. The first kappa shape index (κ1) is 13.1. The van der Waals surface area contributed by atoms with Gasteiger partial charge in [-0.15, -0.1) is 0 Å². The van der Waals surface area contributed by atoms with Gasteiger partial charge in [0.15, 0.2) is 5.54 Å². The van der Waals surface area contributed by atoms with Gasteiger partial charge in [0, 0.05) is 0 Å². The number of hydrogen-bond donors (Lipinski definition) is 1. The van der Waals surface area contributed by atoms with Crippen molar-refractivity contribution in [2.45, 2.75) is 5.54 Å². The van der Waals surface area contributed by atoms with Crippen LogP contribution in [0.25, 0.3) is 0 Å². The van der Waals surface area contributed by atoms with Gasteiger partial charge in [-0.3, -0.25) is 0 Å². The molecule has 0 bridgehead atoms. The van der Waals surface area contributed by atoms with Gasteiger partial charge in [-0.25, -0.2) is 9.38 Å². The molecule has 1 aliphatic heterocycles. The Morgan fingerprint density at radius 1 is 1.15 bits per heavy atom. The highest BCUT2D eigenvalue weighted by molar-refractivity contribution is 9.10. The molecular formula is C15H12BrFN2O. The molecule has 1 unspecified atom stereocenters. The minimum atomic E-state index is -0.721. The van der Waals surface area contributed by atoms with Gasteiger partial charge in [0.25, 0.3) is 6.02 Å². The number of aliphatic imine (C=N–C) groups is 1. The fourth-order valence-electron chi connectivity index (χ4n) is 2.36. The van der Waals surface area contributed by atoms with Gasteiger partial charge in [-0.05, 0) is 39.2 Å². The third-order valence-corrected chi connectivity index (χ3v) is 3.99. The molecule has 1 aliphatic rings. The summed E-state index contributed by atoms with van der Waals surface area (Å²) in [6.07, 6.45) is 0.